The third-order valence-corrected chi connectivity index (χ3v) is 1.48. The second-order valence-corrected chi connectivity index (χ2v) is 2.58. The van der Waals surface area contributed by atoms with Gasteiger partial charge in [-0.1, -0.05) is 0 Å². The average Bonchev–Trinajstić information content (AvgIpc) is 2.15. The van der Waals surface area contributed by atoms with E-state index >= 15 is 0 Å². The minimum Gasteiger partial charge on any atom is -0.484 e. The van der Waals surface area contributed by atoms with Crippen molar-refractivity contribution in [3.8, 4) is 5.75 Å². The Bertz CT molecular complexity index is 344. The fourth-order valence-electron chi connectivity index (χ4n) is 0.848. The number of rotatable bonds is 4. The highest BCUT2D eigenvalue weighted by molar-refractivity contribution is 5.87. The fraction of sp³-hybridized carbons (Fsp3) is 0.111. The number of carboxylic acids is 1. The Kier molecular flexibility index (Phi) is 3.06. The molecule has 1 aromatic carbocycles. The second-order valence-electron chi connectivity index (χ2n) is 2.58. The normalized spacial score (nSPS) is 9.43. The number of carbonyl (C=O) groups excluding carboxylic acids is 1. The van der Waals surface area contributed by atoms with Gasteiger partial charge in [0.2, 0.25) is 0 Å². The van der Waals surface area contributed by atoms with Crippen LogP contribution in [0.4, 0.5) is 0 Å². The van der Waals surface area contributed by atoms with Crippen molar-refractivity contribution in [1.29, 1.82) is 0 Å². The first-order valence-corrected chi connectivity index (χ1v) is 3.84. The van der Waals surface area contributed by atoms with Crippen molar-refractivity contribution in [1.82, 2.24) is 0 Å². The smallest absolute Gasteiger partial charge is 0.335 e. The molecule has 0 unspecified atom stereocenters. The van der Waals surface area contributed by atoms with E-state index in [1.165, 1.54) is 24.3 Å². The SMILES string of the molecule is NC(=O)COc1ccc(C(=O)O)cc1. The molecule has 0 aliphatic rings. The van der Waals surface area contributed by atoms with Crippen molar-refractivity contribution in [2.45, 2.75) is 0 Å². The Labute approximate surface area is 80.1 Å². The van der Waals surface area contributed by atoms with Crippen molar-refractivity contribution < 1.29 is 19.4 Å². The first kappa shape index (κ1) is 10.0. The Morgan fingerprint density at radius 2 is 1.86 bits per heavy atom. The number of hydrogen-bond acceptors (Lipinski definition) is 3. The number of hydrogen-bond donors (Lipinski definition) is 2. The van der Waals surface area contributed by atoms with E-state index in [-0.39, 0.29) is 12.2 Å². The molecule has 74 valence electrons. The second kappa shape index (κ2) is 4.27. The zero-order chi connectivity index (χ0) is 10.6. The molecule has 0 aromatic heterocycles. The molecule has 5 nitrogen and oxygen atoms in total. The summed E-state index contributed by atoms with van der Waals surface area (Å²) in [5, 5.41) is 8.58. The van der Waals surface area contributed by atoms with Gasteiger partial charge in [-0.15, -0.1) is 0 Å². The Balaban J connectivity index is 2.64. The van der Waals surface area contributed by atoms with Crippen molar-refractivity contribution in [3.05, 3.63) is 29.8 Å². The monoisotopic (exact) mass is 195 g/mol. The molecule has 0 spiro atoms. The van der Waals surface area contributed by atoms with Crippen LogP contribution in [0.1, 0.15) is 10.4 Å². The van der Waals surface area contributed by atoms with E-state index in [0.29, 0.717) is 5.75 Å². The molecule has 14 heavy (non-hydrogen) atoms. The van der Waals surface area contributed by atoms with Crippen LogP contribution in [0.5, 0.6) is 5.75 Å². The van der Waals surface area contributed by atoms with E-state index in [1.807, 2.05) is 0 Å². The van der Waals surface area contributed by atoms with Crippen molar-refractivity contribution in [2.75, 3.05) is 6.61 Å². The molecule has 0 saturated heterocycles. The van der Waals surface area contributed by atoms with Crippen LogP contribution in [-0.2, 0) is 4.79 Å². The van der Waals surface area contributed by atoms with Crippen LogP contribution >= 0.6 is 0 Å². The predicted octanol–water partition coefficient (Wildman–Crippen LogP) is 0.249. The molecular formula is C9H9NO4. The molecule has 5 heteroatoms. The van der Waals surface area contributed by atoms with Gasteiger partial charge < -0.3 is 15.6 Å². The molecule has 0 atom stereocenters. The first-order valence-electron chi connectivity index (χ1n) is 3.84. The topological polar surface area (TPSA) is 89.6 Å². The van der Waals surface area contributed by atoms with Gasteiger partial charge in [0, 0.05) is 0 Å². The number of primary amides is 1. The van der Waals surface area contributed by atoms with Gasteiger partial charge in [-0.2, -0.15) is 0 Å². The van der Waals surface area contributed by atoms with Gasteiger partial charge in [0.15, 0.2) is 6.61 Å². The lowest BCUT2D eigenvalue weighted by Gasteiger charge is -2.02. The number of amides is 1. The van der Waals surface area contributed by atoms with Gasteiger partial charge in [0.25, 0.3) is 5.91 Å². The minimum atomic E-state index is -1.01. The van der Waals surface area contributed by atoms with Crippen LogP contribution in [0.25, 0.3) is 0 Å². The highest BCUT2D eigenvalue weighted by Gasteiger charge is 2.02. The van der Waals surface area contributed by atoms with Crippen LogP contribution in [0.15, 0.2) is 24.3 Å². The summed E-state index contributed by atoms with van der Waals surface area (Å²) in [6, 6.07) is 5.70. The van der Waals surface area contributed by atoms with Gasteiger partial charge in [-0.25, -0.2) is 4.79 Å². The lowest BCUT2D eigenvalue weighted by Crippen LogP contribution is -2.20. The quantitative estimate of drug-likeness (QED) is 0.720. The molecule has 1 aromatic rings. The average molecular weight is 195 g/mol. The lowest BCUT2D eigenvalue weighted by atomic mass is 10.2. The van der Waals surface area contributed by atoms with Gasteiger partial charge in [-0.3, -0.25) is 4.79 Å². The van der Waals surface area contributed by atoms with Gasteiger partial charge in [0.1, 0.15) is 5.75 Å². The van der Waals surface area contributed by atoms with Crippen molar-refractivity contribution in [3.63, 3.8) is 0 Å². The third-order valence-electron chi connectivity index (χ3n) is 1.48. The highest BCUT2D eigenvalue weighted by Crippen LogP contribution is 2.11. The summed E-state index contributed by atoms with van der Waals surface area (Å²) in [4.78, 5) is 20.8. The maximum Gasteiger partial charge on any atom is 0.335 e. The van der Waals surface area contributed by atoms with Crippen molar-refractivity contribution in [2.24, 2.45) is 5.73 Å². The molecular weight excluding hydrogens is 186 g/mol. The number of ether oxygens (including phenoxy) is 1. The summed E-state index contributed by atoms with van der Waals surface area (Å²) < 4.78 is 4.93. The molecule has 3 N–H and O–H groups in total. The van der Waals surface area contributed by atoms with E-state index < -0.39 is 11.9 Å². The van der Waals surface area contributed by atoms with E-state index in [1.54, 1.807) is 0 Å². The maximum atomic E-state index is 10.5. The summed E-state index contributed by atoms with van der Waals surface area (Å²) in [7, 11) is 0. The predicted molar refractivity (Wildman–Crippen MR) is 48.1 cm³/mol. The molecule has 0 aliphatic carbocycles. The van der Waals surface area contributed by atoms with E-state index in [9.17, 15) is 9.59 Å². The summed E-state index contributed by atoms with van der Waals surface area (Å²) in [6.45, 7) is -0.216. The van der Waals surface area contributed by atoms with E-state index in [2.05, 4.69) is 0 Å². The highest BCUT2D eigenvalue weighted by atomic mass is 16.5. The molecule has 1 rings (SSSR count). The lowest BCUT2D eigenvalue weighted by molar-refractivity contribution is -0.119. The van der Waals surface area contributed by atoms with Gasteiger partial charge >= 0.3 is 5.97 Å². The number of aromatic carboxylic acids is 1. The minimum absolute atomic E-state index is 0.163. The Morgan fingerprint density at radius 1 is 1.29 bits per heavy atom. The molecule has 0 aliphatic heterocycles. The summed E-state index contributed by atoms with van der Waals surface area (Å²) in [6.07, 6.45) is 0. The maximum absolute atomic E-state index is 10.5. The van der Waals surface area contributed by atoms with Gasteiger partial charge in [-0.05, 0) is 24.3 Å². The number of carbonyl (C=O) groups is 2. The fourth-order valence-corrected chi connectivity index (χ4v) is 0.848. The summed E-state index contributed by atoms with van der Waals surface area (Å²) >= 11 is 0. The standard InChI is InChI=1S/C9H9NO4/c10-8(11)5-14-7-3-1-6(2-4-7)9(12)13/h1-4H,5H2,(H2,10,11)(H,12,13). The van der Waals surface area contributed by atoms with Crippen LogP contribution in [0, 0.1) is 0 Å². The van der Waals surface area contributed by atoms with E-state index in [0.717, 1.165) is 0 Å². The zero-order valence-corrected chi connectivity index (χ0v) is 7.27. The van der Waals surface area contributed by atoms with Crippen LogP contribution in [-0.4, -0.2) is 23.6 Å². The van der Waals surface area contributed by atoms with E-state index in [4.69, 9.17) is 15.6 Å². The molecule has 0 saturated carbocycles. The number of benzene rings is 1. The number of nitrogens with two attached hydrogens (primary N) is 1. The third kappa shape index (κ3) is 2.78. The van der Waals surface area contributed by atoms with Crippen molar-refractivity contribution >= 4 is 11.9 Å². The van der Waals surface area contributed by atoms with Gasteiger partial charge in [0.05, 0.1) is 5.56 Å². The Hall–Kier alpha value is -2.04. The largest absolute Gasteiger partial charge is 0.484 e. The zero-order valence-electron chi connectivity index (χ0n) is 7.27. The molecule has 0 heterocycles. The first-order chi connectivity index (χ1) is 6.59. The summed E-state index contributed by atoms with van der Waals surface area (Å²) in [5.74, 6) is -1.17. The molecule has 0 radical (unpaired) electrons. The summed E-state index contributed by atoms with van der Waals surface area (Å²) in [5.41, 5.74) is 5.02. The molecule has 0 fully saturated rings. The molecule has 1 amide bonds. The van der Waals surface area contributed by atoms with Crippen LogP contribution in [0.2, 0.25) is 0 Å². The van der Waals surface area contributed by atoms with Crippen LogP contribution in [0.3, 0.4) is 0 Å². The Morgan fingerprint density at radius 3 is 2.29 bits per heavy atom. The molecule has 0 bridgehead atoms. The number of carboxylic acid groups (broad SMARTS) is 1. The van der Waals surface area contributed by atoms with Crippen LogP contribution < -0.4 is 10.5 Å².